The summed E-state index contributed by atoms with van der Waals surface area (Å²) < 4.78 is 21.5. The SMILES string of the molecule is CC(=O)N1C2CCC1CN(CCOc1ccc(NC(=O)c3cccc(F)c3)cc1-c1ccnn1C)C2. The molecule has 2 atom stereocenters. The van der Waals surface area contributed by atoms with Crippen LogP contribution in [0.5, 0.6) is 5.75 Å². The largest absolute Gasteiger partial charge is 0.492 e. The average molecular weight is 492 g/mol. The molecule has 3 heterocycles. The van der Waals surface area contributed by atoms with Crippen molar-refractivity contribution in [2.75, 3.05) is 31.6 Å². The molecule has 2 aliphatic rings. The van der Waals surface area contributed by atoms with E-state index in [9.17, 15) is 14.0 Å². The van der Waals surface area contributed by atoms with Crippen LogP contribution in [0.3, 0.4) is 0 Å². The van der Waals surface area contributed by atoms with Crippen molar-refractivity contribution in [1.29, 1.82) is 0 Å². The molecule has 2 bridgehead atoms. The molecule has 2 unspecified atom stereocenters. The Hall–Kier alpha value is -3.72. The summed E-state index contributed by atoms with van der Waals surface area (Å²) in [6.45, 7) is 4.67. The van der Waals surface area contributed by atoms with Gasteiger partial charge in [-0.1, -0.05) is 6.07 Å². The number of likely N-dealkylation sites (tertiary alicyclic amines) is 1. The summed E-state index contributed by atoms with van der Waals surface area (Å²) in [7, 11) is 1.85. The van der Waals surface area contributed by atoms with Crippen molar-refractivity contribution in [3.05, 3.63) is 66.1 Å². The minimum atomic E-state index is -0.460. The van der Waals surface area contributed by atoms with E-state index >= 15 is 0 Å². The summed E-state index contributed by atoms with van der Waals surface area (Å²) in [5, 5.41) is 7.11. The average Bonchev–Trinajstić information content (AvgIpc) is 3.40. The molecule has 9 heteroatoms. The van der Waals surface area contributed by atoms with Crippen molar-refractivity contribution in [2.24, 2.45) is 7.05 Å². The van der Waals surface area contributed by atoms with Crippen LogP contribution in [0.15, 0.2) is 54.7 Å². The zero-order valence-corrected chi connectivity index (χ0v) is 20.5. The predicted octanol–water partition coefficient (Wildman–Crippen LogP) is 3.55. The van der Waals surface area contributed by atoms with Gasteiger partial charge in [-0.2, -0.15) is 5.10 Å². The maximum Gasteiger partial charge on any atom is 0.255 e. The van der Waals surface area contributed by atoms with Gasteiger partial charge in [-0.15, -0.1) is 0 Å². The fourth-order valence-corrected chi connectivity index (χ4v) is 5.38. The fraction of sp³-hybridized carbons (Fsp3) is 0.370. The van der Waals surface area contributed by atoms with Gasteiger partial charge in [0.1, 0.15) is 18.2 Å². The van der Waals surface area contributed by atoms with Crippen LogP contribution in [0.1, 0.15) is 30.1 Å². The number of aromatic nitrogens is 2. The van der Waals surface area contributed by atoms with Crippen LogP contribution in [-0.4, -0.2) is 69.7 Å². The van der Waals surface area contributed by atoms with E-state index in [1.54, 1.807) is 29.9 Å². The highest BCUT2D eigenvalue weighted by Crippen LogP contribution is 2.33. The summed E-state index contributed by atoms with van der Waals surface area (Å²) in [5.41, 5.74) is 2.47. The molecule has 2 aliphatic heterocycles. The summed E-state index contributed by atoms with van der Waals surface area (Å²) in [5.74, 6) is 0.00707. The number of piperazine rings is 1. The number of fused-ring (bicyclic) bond motifs is 2. The molecule has 188 valence electrons. The molecule has 8 nitrogen and oxygen atoms in total. The molecule has 2 amide bonds. The second-order valence-electron chi connectivity index (χ2n) is 9.43. The van der Waals surface area contributed by atoms with Gasteiger partial charge in [-0.3, -0.25) is 19.2 Å². The Morgan fingerprint density at radius 1 is 1.11 bits per heavy atom. The second-order valence-corrected chi connectivity index (χ2v) is 9.43. The lowest BCUT2D eigenvalue weighted by atomic mass is 10.1. The highest BCUT2D eigenvalue weighted by molar-refractivity contribution is 6.04. The van der Waals surface area contributed by atoms with E-state index in [4.69, 9.17) is 4.74 Å². The van der Waals surface area contributed by atoms with Crippen molar-refractivity contribution < 1.29 is 18.7 Å². The van der Waals surface area contributed by atoms with E-state index in [0.29, 0.717) is 30.1 Å². The van der Waals surface area contributed by atoms with E-state index in [0.717, 1.165) is 43.7 Å². The second kappa shape index (κ2) is 10.1. The number of anilines is 1. The van der Waals surface area contributed by atoms with E-state index in [-0.39, 0.29) is 11.5 Å². The third-order valence-corrected chi connectivity index (χ3v) is 7.01. The van der Waals surface area contributed by atoms with Crippen LogP contribution in [0.4, 0.5) is 10.1 Å². The van der Waals surface area contributed by atoms with Crippen LogP contribution in [0.25, 0.3) is 11.3 Å². The number of nitrogens with one attached hydrogen (secondary N) is 1. The Morgan fingerprint density at radius 3 is 2.56 bits per heavy atom. The van der Waals surface area contributed by atoms with Gasteiger partial charge in [0.15, 0.2) is 0 Å². The molecule has 5 rings (SSSR count). The molecule has 36 heavy (non-hydrogen) atoms. The van der Waals surface area contributed by atoms with Gasteiger partial charge < -0.3 is 15.0 Å². The summed E-state index contributed by atoms with van der Waals surface area (Å²) in [6, 6.07) is 13.5. The van der Waals surface area contributed by atoms with Crippen LogP contribution in [-0.2, 0) is 11.8 Å². The molecule has 0 spiro atoms. The lowest BCUT2D eigenvalue weighted by molar-refractivity contribution is -0.134. The molecule has 1 N–H and O–H groups in total. The number of carbonyl (C=O) groups excluding carboxylic acids is 2. The minimum Gasteiger partial charge on any atom is -0.492 e. The number of hydrogen-bond donors (Lipinski definition) is 1. The van der Waals surface area contributed by atoms with Gasteiger partial charge >= 0.3 is 0 Å². The summed E-state index contributed by atoms with van der Waals surface area (Å²) in [6.07, 6.45) is 3.84. The molecule has 0 radical (unpaired) electrons. The van der Waals surface area contributed by atoms with Gasteiger partial charge in [0.25, 0.3) is 5.91 Å². The Kier molecular flexibility index (Phi) is 6.73. The molecule has 1 aromatic heterocycles. The van der Waals surface area contributed by atoms with Crippen molar-refractivity contribution in [3.8, 4) is 17.0 Å². The molecule has 3 aromatic rings. The molecule has 0 saturated carbocycles. The van der Waals surface area contributed by atoms with Crippen molar-refractivity contribution in [2.45, 2.75) is 31.8 Å². The van der Waals surface area contributed by atoms with Gasteiger partial charge in [0.05, 0.1) is 5.69 Å². The first-order chi connectivity index (χ1) is 17.4. The maximum atomic E-state index is 13.5. The van der Waals surface area contributed by atoms with E-state index in [2.05, 4.69) is 20.2 Å². The van der Waals surface area contributed by atoms with Crippen LogP contribution < -0.4 is 10.1 Å². The van der Waals surface area contributed by atoms with Gasteiger partial charge in [-0.25, -0.2) is 4.39 Å². The zero-order chi connectivity index (χ0) is 25.2. The first-order valence-electron chi connectivity index (χ1n) is 12.2. The molecule has 2 saturated heterocycles. The van der Waals surface area contributed by atoms with Gasteiger partial charge in [0, 0.05) is 68.7 Å². The Bertz CT molecular complexity index is 1260. The van der Waals surface area contributed by atoms with Crippen LogP contribution in [0, 0.1) is 5.82 Å². The Morgan fingerprint density at radius 2 is 1.89 bits per heavy atom. The number of nitrogens with zero attached hydrogens (tertiary/aromatic N) is 4. The molecule has 2 aromatic carbocycles. The highest BCUT2D eigenvalue weighted by atomic mass is 19.1. The topological polar surface area (TPSA) is 79.7 Å². The molecular formula is C27H30FN5O3. The van der Waals surface area contributed by atoms with Crippen molar-refractivity contribution in [1.82, 2.24) is 19.6 Å². The van der Waals surface area contributed by atoms with Crippen LogP contribution >= 0.6 is 0 Å². The summed E-state index contributed by atoms with van der Waals surface area (Å²) >= 11 is 0. The third-order valence-electron chi connectivity index (χ3n) is 7.01. The summed E-state index contributed by atoms with van der Waals surface area (Å²) in [4.78, 5) is 29.0. The fourth-order valence-electron chi connectivity index (χ4n) is 5.38. The quantitative estimate of drug-likeness (QED) is 0.547. The number of carbonyl (C=O) groups is 2. The van der Waals surface area contributed by atoms with Crippen LogP contribution in [0.2, 0.25) is 0 Å². The third kappa shape index (κ3) is 4.97. The lowest BCUT2D eigenvalue weighted by Crippen LogP contribution is -2.55. The number of halogens is 1. The lowest BCUT2D eigenvalue weighted by Gasteiger charge is -2.40. The highest BCUT2D eigenvalue weighted by Gasteiger charge is 2.40. The first-order valence-corrected chi connectivity index (χ1v) is 12.2. The van der Waals surface area contributed by atoms with E-state index in [1.165, 1.54) is 18.2 Å². The number of hydrogen-bond acceptors (Lipinski definition) is 5. The predicted molar refractivity (Wildman–Crippen MR) is 134 cm³/mol. The van der Waals surface area contributed by atoms with Crippen molar-refractivity contribution in [3.63, 3.8) is 0 Å². The number of aryl methyl sites for hydroxylation is 1. The number of amides is 2. The number of benzene rings is 2. The van der Waals surface area contributed by atoms with Gasteiger partial charge in [0.2, 0.25) is 5.91 Å². The Balaban J connectivity index is 1.28. The van der Waals surface area contributed by atoms with Crippen molar-refractivity contribution >= 4 is 17.5 Å². The van der Waals surface area contributed by atoms with E-state index < -0.39 is 11.7 Å². The number of rotatable bonds is 7. The Labute approximate surface area is 209 Å². The maximum absolute atomic E-state index is 13.5. The normalized spacial score (nSPS) is 19.4. The van der Waals surface area contributed by atoms with E-state index in [1.807, 2.05) is 25.2 Å². The molecule has 2 fully saturated rings. The standard InChI is InChI=1S/C27H30FN5O3/c1-18(34)33-22-7-8-23(33)17-32(16-22)12-13-36-26-9-6-21(15-24(26)25-10-11-29-31(25)2)30-27(35)19-4-3-5-20(28)14-19/h3-6,9-11,14-15,22-23H,7-8,12-13,16-17H2,1-2H3,(H,30,35). The molecular weight excluding hydrogens is 461 g/mol. The van der Waals surface area contributed by atoms with Gasteiger partial charge in [-0.05, 0) is 55.3 Å². The number of ether oxygens (including phenoxy) is 1. The smallest absolute Gasteiger partial charge is 0.255 e. The minimum absolute atomic E-state index is 0.170. The zero-order valence-electron chi connectivity index (χ0n) is 20.5. The first kappa shape index (κ1) is 24.0. The monoisotopic (exact) mass is 491 g/mol. The molecule has 0 aliphatic carbocycles.